The molecular weight excluding hydrogens is 348 g/mol. The number of carbonyl (C=O) groups is 1. The van der Waals surface area contributed by atoms with Crippen LogP contribution < -0.4 is 10.5 Å². The second kappa shape index (κ2) is 9.06. The van der Waals surface area contributed by atoms with E-state index >= 15 is 0 Å². The Kier molecular flexibility index (Phi) is 7.06. The van der Waals surface area contributed by atoms with Gasteiger partial charge in [0.25, 0.3) is 5.91 Å². The Morgan fingerprint density at radius 2 is 1.88 bits per heavy atom. The van der Waals surface area contributed by atoms with Gasteiger partial charge in [0.05, 0.1) is 6.61 Å². The molecule has 2 aromatic carbocycles. The number of nitrogens with zero attached hydrogens (tertiary/aromatic N) is 1. The van der Waals surface area contributed by atoms with Crippen LogP contribution in [0, 0.1) is 5.92 Å². The molecule has 1 aliphatic rings. The summed E-state index contributed by atoms with van der Waals surface area (Å²) in [6.45, 7) is 6.08. The quantitative estimate of drug-likeness (QED) is 0.867. The standard InChI is InChI=1S/C21H26N2O2.ClH/c1-15(2)14-25-18-10-6-9-17(11-18)21(24)23-12-19(20(22)13-23)16-7-4-3-5-8-16;/h3-11,15,19-20H,12-14,22H2,1-2H3;1H/t19-,20+;/m0./s1. The third-order valence-corrected chi connectivity index (χ3v) is 4.54. The highest BCUT2D eigenvalue weighted by molar-refractivity contribution is 5.95. The van der Waals surface area contributed by atoms with Crippen molar-refractivity contribution in [2.75, 3.05) is 19.7 Å². The molecule has 3 rings (SSSR count). The van der Waals surface area contributed by atoms with Crippen LogP contribution in [-0.2, 0) is 0 Å². The third kappa shape index (κ3) is 4.77. The summed E-state index contributed by atoms with van der Waals surface area (Å²) in [5.41, 5.74) is 8.16. The van der Waals surface area contributed by atoms with Crippen LogP contribution in [0.4, 0.5) is 0 Å². The molecule has 1 heterocycles. The highest BCUT2D eigenvalue weighted by Gasteiger charge is 2.34. The first-order valence-corrected chi connectivity index (χ1v) is 8.87. The van der Waals surface area contributed by atoms with Crippen molar-refractivity contribution < 1.29 is 9.53 Å². The second-order valence-electron chi connectivity index (χ2n) is 7.12. The predicted octanol–water partition coefficient (Wildman–Crippen LogP) is 3.71. The fourth-order valence-electron chi connectivity index (χ4n) is 3.21. The second-order valence-corrected chi connectivity index (χ2v) is 7.12. The van der Waals surface area contributed by atoms with E-state index in [0.717, 1.165) is 5.75 Å². The van der Waals surface area contributed by atoms with E-state index < -0.39 is 0 Å². The van der Waals surface area contributed by atoms with E-state index in [1.54, 1.807) is 0 Å². The van der Waals surface area contributed by atoms with Gasteiger partial charge in [-0.1, -0.05) is 50.2 Å². The Balaban J connectivity index is 0.00000243. The number of benzene rings is 2. The van der Waals surface area contributed by atoms with Gasteiger partial charge in [-0.05, 0) is 29.7 Å². The zero-order chi connectivity index (χ0) is 17.8. The lowest BCUT2D eigenvalue weighted by Gasteiger charge is -2.17. The fourth-order valence-corrected chi connectivity index (χ4v) is 3.21. The number of nitrogens with two attached hydrogens (primary N) is 1. The van der Waals surface area contributed by atoms with Crippen molar-refractivity contribution >= 4 is 18.3 Å². The minimum Gasteiger partial charge on any atom is -0.493 e. The first-order chi connectivity index (χ1) is 12.0. The molecule has 5 heteroatoms. The maximum Gasteiger partial charge on any atom is 0.254 e. The molecule has 0 unspecified atom stereocenters. The minimum atomic E-state index is -0.0354. The zero-order valence-corrected chi connectivity index (χ0v) is 16.1. The van der Waals surface area contributed by atoms with Crippen LogP contribution in [0.3, 0.4) is 0 Å². The van der Waals surface area contributed by atoms with Gasteiger partial charge in [-0.25, -0.2) is 0 Å². The average Bonchev–Trinajstić information content (AvgIpc) is 3.02. The third-order valence-electron chi connectivity index (χ3n) is 4.54. The molecule has 2 atom stereocenters. The molecule has 26 heavy (non-hydrogen) atoms. The van der Waals surface area contributed by atoms with Gasteiger partial charge in [0, 0.05) is 30.6 Å². The number of ether oxygens (including phenoxy) is 1. The summed E-state index contributed by atoms with van der Waals surface area (Å²) in [5.74, 6) is 1.39. The van der Waals surface area contributed by atoms with E-state index in [1.165, 1.54) is 5.56 Å². The van der Waals surface area contributed by atoms with Crippen molar-refractivity contribution in [1.29, 1.82) is 0 Å². The minimum absolute atomic E-state index is 0. The van der Waals surface area contributed by atoms with Crippen LogP contribution in [-0.4, -0.2) is 36.5 Å². The smallest absolute Gasteiger partial charge is 0.254 e. The monoisotopic (exact) mass is 374 g/mol. The van der Waals surface area contributed by atoms with Crippen molar-refractivity contribution in [3.05, 3.63) is 65.7 Å². The number of halogens is 1. The largest absolute Gasteiger partial charge is 0.493 e. The van der Waals surface area contributed by atoms with Gasteiger partial charge in [-0.3, -0.25) is 4.79 Å². The molecule has 1 saturated heterocycles. The number of hydrogen-bond donors (Lipinski definition) is 1. The lowest BCUT2D eigenvalue weighted by atomic mass is 9.95. The molecule has 0 bridgehead atoms. The van der Waals surface area contributed by atoms with Crippen molar-refractivity contribution in [2.24, 2.45) is 11.7 Å². The molecule has 4 nitrogen and oxygen atoms in total. The summed E-state index contributed by atoms with van der Waals surface area (Å²) in [5, 5.41) is 0. The van der Waals surface area contributed by atoms with E-state index in [0.29, 0.717) is 31.2 Å². The van der Waals surface area contributed by atoms with Gasteiger partial charge in [0.1, 0.15) is 5.75 Å². The SMILES string of the molecule is CC(C)COc1cccc(C(=O)N2C[C@@H](N)[C@H](c3ccccc3)C2)c1.Cl. The average molecular weight is 375 g/mol. The lowest BCUT2D eigenvalue weighted by Crippen LogP contribution is -2.32. The maximum atomic E-state index is 12.9. The predicted molar refractivity (Wildman–Crippen MR) is 107 cm³/mol. The van der Waals surface area contributed by atoms with Gasteiger partial charge in [0.2, 0.25) is 0 Å². The molecule has 0 saturated carbocycles. The van der Waals surface area contributed by atoms with Crippen LogP contribution in [0.25, 0.3) is 0 Å². The van der Waals surface area contributed by atoms with Gasteiger partial charge in [-0.2, -0.15) is 0 Å². The molecule has 1 amide bonds. The van der Waals surface area contributed by atoms with Crippen LogP contribution in [0.15, 0.2) is 54.6 Å². The summed E-state index contributed by atoms with van der Waals surface area (Å²) < 4.78 is 5.74. The zero-order valence-electron chi connectivity index (χ0n) is 15.3. The van der Waals surface area contributed by atoms with Crippen LogP contribution in [0.2, 0.25) is 0 Å². The summed E-state index contributed by atoms with van der Waals surface area (Å²) in [7, 11) is 0. The van der Waals surface area contributed by atoms with E-state index in [4.69, 9.17) is 10.5 Å². The number of likely N-dealkylation sites (tertiary alicyclic amines) is 1. The van der Waals surface area contributed by atoms with Gasteiger partial charge >= 0.3 is 0 Å². The van der Waals surface area contributed by atoms with E-state index in [1.807, 2.05) is 47.4 Å². The molecule has 0 radical (unpaired) electrons. The first-order valence-electron chi connectivity index (χ1n) is 8.87. The maximum absolute atomic E-state index is 12.9. The molecule has 0 spiro atoms. The van der Waals surface area contributed by atoms with Crippen LogP contribution >= 0.6 is 12.4 Å². The van der Waals surface area contributed by atoms with Crippen LogP contribution in [0.1, 0.15) is 35.7 Å². The lowest BCUT2D eigenvalue weighted by molar-refractivity contribution is 0.0788. The summed E-state index contributed by atoms with van der Waals surface area (Å²) in [6, 6.07) is 17.6. The van der Waals surface area contributed by atoms with Gasteiger partial charge in [0.15, 0.2) is 0 Å². The Hall–Kier alpha value is -2.04. The van der Waals surface area contributed by atoms with E-state index in [-0.39, 0.29) is 30.3 Å². The first kappa shape index (κ1) is 20.3. The number of amides is 1. The Bertz CT molecular complexity index is 721. The Labute approximate surface area is 161 Å². The van der Waals surface area contributed by atoms with Crippen molar-refractivity contribution in [2.45, 2.75) is 25.8 Å². The Morgan fingerprint density at radius 3 is 2.58 bits per heavy atom. The molecule has 140 valence electrons. The van der Waals surface area contributed by atoms with E-state index in [9.17, 15) is 4.79 Å². The summed E-state index contributed by atoms with van der Waals surface area (Å²) in [4.78, 5) is 14.7. The number of carbonyl (C=O) groups excluding carboxylic acids is 1. The summed E-state index contributed by atoms with van der Waals surface area (Å²) in [6.07, 6.45) is 0. The van der Waals surface area contributed by atoms with Gasteiger partial charge < -0.3 is 15.4 Å². The van der Waals surface area contributed by atoms with Crippen molar-refractivity contribution in [1.82, 2.24) is 4.90 Å². The van der Waals surface area contributed by atoms with Crippen LogP contribution in [0.5, 0.6) is 5.75 Å². The normalized spacial score (nSPS) is 19.3. The molecule has 0 aromatic heterocycles. The van der Waals surface area contributed by atoms with Crippen molar-refractivity contribution in [3.8, 4) is 5.75 Å². The highest BCUT2D eigenvalue weighted by Crippen LogP contribution is 2.28. The molecule has 1 fully saturated rings. The molecule has 1 aliphatic heterocycles. The number of rotatable bonds is 5. The fraction of sp³-hybridized carbons (Fsp3) is 0.381. The molecule has 2 aromatic rings. The number of hydrogen-bond acceptors (Lipinski definition) is 3. The van der Waals surface area contributed by atoms with Crippen molar-refractivity contribution in [3.63, 3.8) is 0 Å². The topological polar surface area (TPSA) is 55.6 Å². The summed E-state index contributed by atoms with van der Waals surface area (Å²) >= 11 is 0. The molecule has 0 aliphatic carbocycles. The van der Waals surface area contributed by atoms with E-state index in [2.05, 4.69) is 26.0 Å². The molecule has 2 N–H and O–H groups in total. The molecular formula is C21H27ClN2O2. The Morgan fingerprint density at radius 1 is 1.15 bits per heavy atom. The highest BCUT2D eigenvalue weighted by atomic mass is 35.5. The van der Waals surface area contributed by atoms with Gasteiger partial charge in [-0.15, -0.1) is 12.4 Å².